The SMILES string of the molecule is COc1nc(OC)c2c(C(F)(F)F)nn(C3(c4ccccc4)CC3)c2n1. The number of fused-ring (bicyclic) bond motifs is 1. The normalized spacial score (nSPS) is 15.9. The van der Waals surface area contributed by atoms with Gasteiger partial charge < -0.3 is 9.47 Å². The number of halogens is 3. The number of alkyl halides is 3. The fourth-order valence-electron chi connectivity index (χ4n) is 3.19. The molecule has 0 aliphatic heterocycles. The Hall–Kier alpha value is -2.84. The lowest BCUT2D eigenvalue weighted by atomic mass is 10.1. The fraction of sp³-hybridized carbons (Fsp3) is 0.353. The monoisotopic (exact) mass is 364 g/mol. The molecule has 136 valence electrons. The molecule has 0 unspecified atom stereocenters. The molecular weight excluding hydrogens is 349 g/mol. The van der Waals surface area contributed by atoms with Gasteiger partial charge in [-0.25, -0.2) is 4.68 Å². The highest BCUT2D eigenvalue weighted by molar-refractivity contribution is 5.85. The number of benzene rings is 1. The topological polar surface area (TPSA) is 62.1 Å². The summed E-state index contributed by atoms with van der Waals surface area (Å²) in [6.07, 6.45) is -3.33. The summed E-state index contributed by atoms with van der Waals surface area (Å²) in [4.78, 5) is 8.05. The third kappa shape index (κ3) is 2.38. The van der Waals surface area contributed by atoms with Gasteiger partial charge in [0.25, 0.3) is 0 Å². The van der Waals surface area contributed by atoms with E-state index in [1.165, 1.54) is 18.9 Å². The average Bonchev–Trinajstić information content (AvgIpc) is 3.34. The third-order valence-electron chi connectivity index (χ3n) is 4.56. The quantitative estimate of drug-likeness (QED) is 0.710. The van der Waals surface area contributed by atoms with Gasteiger partial charge in [-0.15, -0.1) is 0 Å². The molecule has 0 atom stereocenters. The molecule has 1 saturated carbocycles. The van der Waals surface area contributed by atoms with Crippen LogP contribution in [0.15, 0.2) is 30.3 Å². The first-order valence-corrected chi connectivity index (χ1v) is 7.92. The van der Waals surface area contributed by atoms with Crippen LogP contribution >= 0.6 is 0 Å². The van der Waals surface area contributed by atoms with Crippen LogP contribution in [0.5, 0.6) is 11.9 Å². The second kappa shape index (κ2) is 5.58. The van der Waals surface area contributed by atoms with Gasteiger partial charge in [0.15, 0.2) is 11.3 Å². The van der Waals surface area contributed by atoms with E-state index in [1.54, 1.807) is 0 Å². The lowest BCUT2D eigenvalue weighted by Gasteiger charge is -2.17. The zero-order valence-electron chi connectivity index (χ0n) is 14.0. The van der Waals surface area contributed by atoms with Crippen molar-refractivity contribution in [1.29, 1.82) is 0 Å². The van der Waals surface area contributed by atoms with E-state index < -0.39 is 17.4 Å². The van der Waals surface area contributed by atoms with Gasteiger partial charge >= 0.3 is 12.2 Å². The van der Waals surface area contributed by atoms with Gasteiger partial charge in [-0.3, -0.25) is 0 Å². The van der Waals surface area contributed by atoms with E-state index in [-0.39, 0.29) is 22.9 Å². The molecule has 26 heavy (non-hydrogen) atoms. The van der Waals surface area contributed by atoms with Crippen LogP contribution in [0.25, 0.3) is 11.0 Å². The Labute approximate surface area is 146 Å². The Morgan fingerprint density at radius 1 is 1.04 bits per heavy atom. The van der Waals surface area contributed by atoms with Crippen LogP contribution in [-0.4, -0.2) is 34.0 Å². The summed E-state index contributed by atoms with van der Waals surface area (Å²) < 4.78 is 52.3. The van der Waals surface area contributed by atoms with Crippen LogP contribution in [0.1, 0.15) is 24.1 Å². The van der Waals surface area contributed by atoms with Crippen LogP contribution < -0.4 is 9.47 Å². The molecule has 1 aromatic carbocycles. The van der Waals surface area contributed by atoms with Crippen LogP contribution in [0, 0.1) is 0 Å². The molecule has 0 radical (unpaired) electrons. The maximum atomic E-state index is 13.6. The van der Waals surface area contributed by atoms with Crippen LogP contribution in [-0.2, 0) is 11.7 Å². The van der Waals surface area contributed by atoms with Gasteiger partial charge in [-0.2, -0.15) is 28.2 Å². The molecule has 2 aromatic heterocycles. The van der Waals surface area contributed by atoms with Gasteiger partial charge in [0.05, 0.1) is 19.8 Å². The maximum Gasteiger partial charge on any atom is 0.436 e. The van der Waals surface area contributed by atoms with E-state index in [1.807, 2.05) is 30.3 Å². The second-order valence-corrected chi connectivity index (χ2v) is 6.07. The molecule has 4 rings (SSSR count). The molecule has 0 N–H and O–H groups in total. The van der Waals surface area contributed by atoms with E-state index in [0.717, 1.165) is 5.56 Å². The van der Waals surface area contributed by atoms with Crippen molar-refractivity contribution in [3.63, 3.8) is 0 Å². The molecule has 9 heteroatoms. The number of ether oxygens (including phenoxy) is 2. The summed E-state index contributed by atoms with van der Waals surface area (Å²) in [7, 11) is 2.60. The number of rotatable bonds is 4. The second-order valence-electron chi connectivity index (χ2n) is 6.07. The molecular formula is C17H15F3N4O2. The Balaban J connectivity index is 2.05. The molecule has 0 bridgehead atoms. The molecule has 0 spiro atoms. The predicted octanol–water partition coefficient (Wildman–Crippen LogP) is 3.40. The molecule has 1 aliphatic rings. The van der Waals surface area contributed by atoms with Crippen molar-refractivity contribution in [2.75, 3.05) is 14.2 Å². The summed E-state index contributed by atoms with van der Waals surface area (Å²) in [5, 5.41) is 3.65. The first kappa shape index (κ1) is 16.6. The van der Waals surface area contributed by atoms with Crippen molar-refractivity contribution < 1.29 is 22.6 Å². The molecule has 0 saturated heterocycles. The molecule has 1 aliphatic carbocycles. The van der Waals surface area contributed by atoms with Crippen molar-refractivity contribution in [1.82, 2.24) is 19.7 Å². The Bertz CT molecular complexity index is 966. The number of methoxy groups -OCH3 is 2. The number of nitrogens with zero attached hydrogens (tertiary/aromatic N) is 4. The first-order chi connectivity index (χ1) is 12.4. The van der Waals surface area contributed by atoms with Crippen molar-refractivity contribution in [3.8, 4) is 11.9 Å². The van der Waals surface area contributed by atoms with Crippen molar-refractivity contribution in [3.05, 3.63) is 41.6 Å². The zero-order valence-corrected chi connectivity index (χ0v) is 14.0. The number of hydrogen-bond donors (Lipinski definition) is 0. The van der Waals surface area contributed by atoms with E-state index in [4.69, 9.17) is 9.47 Å². The van der Waals surface area contributed by atoms with E-state index in [2.05, 4.69) is 15.1 Å². The predicted molar refractivity (Wildman–Crippen MR) is 86.2 cm³/mol. The van der Waals surface area contributed by atoms with Crippen molar-refractivity contribution >= 4 is 11.0 Å². The van der Waals surface area contributed by atoms with Gasteiger partial charge in [0.1, 0.15) is 5.39 Å². The smallest absolute Gasteiger partial charge is 0.436 e. The highest BCUT2D eigenvalue weighted by Gasteiger charge is 2.51. The van der Waals surface area contributed by atoms with Crippen molar-refractivity contribution in [2.24, 2.45) is 0 Å². The molecule has 1 fully saturated rings. The Morgan fingerprint density at radius 2 is 1.73 bits per heavy atom. The molecule has 2 heterocycles. The summed E-state index contributed by atoms with van der Waals surface area (Å²) in [5.74, 6) is -0.214. The molecule has 6 nitrogen and oxygen atoms in total. The lowest BCUT2D eigenvalue weighted by Crippen LogP contribution is -2.21. The lowest BCUT2D eigenvalue weighted by molar-refractivity contribution is -0.140. The van der Waals surface area contributed by atoms with Gasteiger partial charge in [0, 0.05) is 0 Å². The maximum absolute atomic E-state index is 13.6. The standard InChI is InChI=1S/C17H15F3N4O2/c1-25-14-11-12(17(18,19)20)23-24(13(11)21-15(22-14)26-2)16(8-9-16)10-6-4-3-5-7-10/h3-7H,8-9H2,1-2H3. The number of aromatic nitrogens is 4. The van der Waals surface area contributed by atoms with Crippen LogP contribution in [0.4, 0.5) is 13.2 Å². The molecule has 3 aromatic rings. The van der Waals surface area contributed by atoms with Crippen LogP contribution in [0.3, 0.4) is 0 Å². The summed E-state index contributed by atoms with van der Waals surface area (Å²) in [6, 6.07) is 9.24. The minimum Gasteiger partial charge on any atom is -0.480 e. The van der Waals surface area contributed by atoms with Gasteiger partial charge in [0.2, 0.25) is 5.88 Å². The largest absolute Gasteiger partial charge is 0.480 e. The highest BCUT2D eigenvalue weighted by Crippen LogP contribution is 2.51. The highest BCUT2D eigenvalue weighted by atomic mass is 19.4. The van der Waals surface area contributed by atoms with Gasteiger partial charge in [-0.1, -0.05) is 30.3 Å². The molecule has 0 amide bonds. The zero-order chi connectivity index (χ0) is 18.5. The summed E-state index contributed by atoms with van der Waals surface area (Å²) >= 11 is 0. The van der Waals surface area contributed by atoms with E-state index >= 15 is 0 Å². The minimum atomic E-state index is -4.67. The minimum absolute atomic E-state index is 0.0439. The first-order valence-electron chi connectivity index (χ1n) is 7.92. The third-order valence-corrected chi connectivity index (χ3v) is 4.56. The van der Waals surface area contributed by atoms with Crippen LogP contribution in [0.2, 0.25) is 0 Å². The Kier molecular flexibility index (Phi) is 3.57. The fourth-order valence-corrected chi connectivity index (χ4v) is 3.19. The van der Waals surface area contributed by atoms with Crippen molar-refractivity contribution in [2.45, 2.75) is 24.6 Å². The van der Waals surface area contributed by atoms with Gasteiger partial charge in [-0.05, 0) is 18.4 Å². The van der Waals surface area contributed by atoms with E-state index in [0.29, 0.717) is 12.8 Å². The number of hydrogen-bond acceptors (Lipinski definition) is 5. The van der Waals surface area contributed by atoms with E-state index in [9.17, 15) is 13.2 Å². The Morgan fingerprint density at radius 3 is 2.27 bits per heavy atom. The summed E-state index contributed by atoms with van der Waals surface area (Å²) in [6.45, 7) is 0. The average molecular weight is 364 g/mol. The summed E-state index contributed by atoms with van der Waals surface area (Å²) in [5.41, 5.74) is -0.792.